The topological polar surface area (TPSA) is 29.1 Å². The van der Waals surface area contributed by atoms with Crippen molar-refractivity contribution in [2.24, 2.45) is 0 Å². The molecule has 0 bridgehead atoms. The summed E-state index contributed by atoms with van der Waals surface area (Å²) < 4.78 is 0. The summed E-state index contributed by atoms with van der Waals surface area (Å²) in [6.07, 6.45) is 4.23. The van der Waals surface area contributed by atoms with Crippen molar-refractivity contribution in [2.45, 2.75) is 39.5 Å². The average Bonchev–Trinajstić information content (AvgIpc) is 2.68. The number of anilines is 2. The summed E-state index contributed by atoms with van der Waals surface area (Å²) in [5, 5.41) is 3.39. The first-order chi connectivity index (χ1) is 10.3. The number of benzene rings is 1. The third-order valence-corrected chi connectivity index (χ3v) is 3.53. The molecular formula is C19H23NO. The third-order valence-electron chi connectivity index (χ3n) is 3.53. The van der Waals surface area contributed by atoms with E-state index in [0.717, 1.165) is 31.4 Å². The molecule has 1 N–H and O–H groups in total. The summed E-state index contributed by atoms with van der Waals surface area (Å²) in [7, 11) is 0. The van der Waals surface area contributed by atoms with Gasteiger partial charge in [-0.05, 0) is 36.1 Å². The van der Waals surface area contributed by atoms with Gasteiger partial charge in [0.2, 0.25) is 5.43 Å². The Morgan fingerprint density at radius 1 is 0.810 bits per heavy atom. The lowest BCUT2D eigenvalue weighted by atomic mass is 10.00. The highest BCUT2D eigenvalue weighted by atomic mass is 16.1. The number of aryl methyl sites for hydroxylation is 2. The van der Waals surface area contributed by atoms with Crippen LogP contribution in [-0.4, -0.2) is 0 Å². The van der Waals surface area contributed by atoms with E-state index in [9.17, 15) is 4.79 Å². The lowest BCUT2D eigenvalue weighted by molar-refractivity contribution is 0.898. The van der Waals surface area contributed by atoms with Gasteiger partial charge in [-0.2, -0.15) is 0 Å². The molecule has 2 aromatic carbocycles. The minimum absolute atomic E-state index is 0.0220. The zero-order chi connectivity index (χ0) is 15.1. The molecule has 0 aliphatic rings. The molecule has 21 heavy (non-hydrogen) atoms. The Morgan fingerprint density at radius 2 is 1.43 bits per heavy atom. The molecule has 2 aromatic rings. The summed E-state index contributed by atoms with van der Waals surface area (Å²) >= 11 is 0. The summed E-state index contributed by atoms with van der Waals surface area (Å²) in [5.74, 6) is 0. The first-order valence-corrected chi connectivity index (χ1v) is 7.73. The predicted octanol–water partition coefficient (Wildman–Crippen LogP) is 4.70. The minimum Gasteiger partial charge on any atom is -0.352 e. The lowest BCUT2D eigenvalue weighted by Crippen LogP contribution is -2.07. The van der Waals surface area contributed by atoms with Crippen molar-refractivity contribution in [3.05, 3.63) is 69.9 Å². The van der Waals surface area contributed by atoms with E-state index in [0.29, 0.717) is 5.69 Å². The Kier molecular flexibility index (Phi) is 5.56. The lowest BCUT2D eigenvalue weighted by Gasteiger charge is -2.15. The van der Waals surface area contributed by atoms with Crippen LogP contribution >= 0.6 is 0 Å². The fourth-order valence-corrected chi connectivity index (χ4v) is 2.54. The zero-order valence-corrected chi connectivity index (χ0v) is 12.9. The van der Waals surface area contributed by atoms with Gasteiger partial charge in [-0.1, -0.05) is 63.1 Å². The molecule has 0 radical (unpaired) electrons. The number of hydrogen-bond donors (Lipinski definition) is 1. The molecule has 0 aliphatic carbocycles. The molecule has 2 nitrogen and oxygen atoms in total. The maximum absolute atomic E-state index is 12.1. The van der Waals surface area contributed by atoms with Gasteiger partial charge in [-0.25, -0.2) is 0 Å². The van der Waals surface area contributed by atoms with Gasteiger partial charge >= 0.3 is 0 Å². The van der Waals surface area contributed by atoms with E-state index >= 15 is 0 Å². The summed E-state index contributed by atoms with van der Waals surface area (Å²) in [4.78, 5) is 12.1. The average molecular weight is 281 g/mol. The molecule has 0 aliphatic heterocycles. The van der Waals surface area contributed by atoms with Crippen LogP contribution in [0.4, 0.5) is 11.4 Å². The van der Waals surface area contributed by atoms with Crippen molar-refractivity contribution in [3.63, 3.8) is 0 Å². The molecule has 0 amide bonds. The quantitative estimate of drug-likeness (QED) is 0.832. The van der Waals surface area contributed by atoms with Crippen LogP contribution in [0.3, 0.4) is 0 Å². The molecule has 110 valence electrons. The molecule has 0 fully saturated rings. The van der Waals surface area contributed by atoms with Gasteiger partial charge in [-0.15, -0.1) is 0 Å². The van der Waals surface area contributed by atoms with E-state index < -0.39 is 0 Å². The van der Waals surface area contributed by atoms with Gasteiger partial charge in [0.05, 0.1) is 5.69 Å². The van der Waals surface area contributed by atoms with Crippen molar-refractivity contribution < 1.29 is 0 Å². The highest BCUT2D eigenvalue weighted by Gasteiger charge is 2.09. The van der Waals surface area contributed by atoms with Crippen molar-refractivity contribution in [3.8, 4) is 0 Å². The smallest absolute Gasteiger partial charge is 0.201 e. The van der Waals surface area contributed by atoms with Gasteiger partial charge < -0.3 is 5.32 Å². The molecule has 0 unspecified atom stereocenters. The zero-order valence-electron chi connectivity index (χ0n) is 12.9. The first kappa shape index (κ1) is 15.3. The summed E-state index contributed by atoms with van der Waals surface area (Å²) in [6, 6.07) is 15.4. The van der Waals surface area contributed by atoms with Crippen LogP contribution in [0.15, 0.2) is 53.3 Å². The van der Waals surface area contributed by atoms with Crippen LogP contribution < -0.4 is 10.7 Å². The predicted molar refractivity (Wildman–Crippen MR) is 90.4 cm³/mol. The van der Waals surface area contributed by atoms with Crippen molar-refractivity contribution >= 4 is 11.4 Å². The SMILES string of the molecule is CCCc1cccc(CCC)c1Nc1cccccc1=O. The van der Waals surface area contributed by atoms with Crippen LogP contribution in [0.25, 0.3) is 0 Å². The van der Waals surface area contributed by atoms with Gasteiger partial charge in [0.15, 0.2) is 0 Å². The van der Waals surface area contributed by atoms with Gasteiger partial charge in [0, 0.05) is 5.69 Å². The summed E-state index contributed by atoms with van der Waals surface area (Å²) in [6.45, 7) is 4.36. The second-order valence-electron chi connectivity index (χ2n) is 5.26. The van der Waals surface area contributed by atoms with Crippen LogP contribution in [0.1, 0.15) is 37.8 Å². The largest absolute Gasteiger partial charge is 0.352 e. The number of nitrogens with one attached hydrogen (secondary N) is 1. The Labute approximate surface area is 126 Å². The van der Waals surface area contributed by atoms with Gasteiger partial charge in [0.1, 0.15) is 0 Å². The van der Waals surface area contributed by atoms with E-state index in [1.807, 2.05) is 18.2 Å². The summed E-state index contributed by atoms with van der Waals surface area (Å²) in [5.41, 5.74) is 4.35. The molecule has 0 aromatic heterocycles. The molecule has 0 spiro atoms. The fourth-order valence-electron chi connectivity index (χ4n) is 2.54. The van der Waals surface area contributed by atoms with E-state index in [4.69, 9.17) is 0 Å². The Bertz CT molecular complexity index is 625. The minimum atomic E-state index is 0.0220. The normalized spacial score (nSPS) is 10.4. The van der Waals surface area contributed by atoms with Crippen LogP contribution in [0.5, 0.6) is 0 Å². The number of para-hydroxylation sites is 1. The van der Waals surface area contributed by atoms with Crippen LogP contribution in [0.2, 0.25) is 0 Å². The van der Waals surface area contributed by atoms with Crippen molar-refractivity contribution in [1.82, 2.24) is 0 Å². The van der Waals surface area contributed by atoms with E-state index in [1.165, 1.54) is 11.1 Å². The standard InChI is InChI=1S/C19H23NO/c1-3-9-15-11-8-12-16(10-4-2)19(15)20-17-13-6-5-7-14-18(17)21/h5-8,11-14H,3-4,9-10H2,1-2H3,(H,20,21). The Hall–Kier alpha value is -2.09. The van der Waals surface area contributed by atoms with Gasteiger partial charge in [-0.3, -0.25) is 4.79 Å². The highest BCUT2D eigenvalue weighted by Crippen LogP contribution is 2.26. The number of hydrogen-bond acceptors (Lipinski definition) is 2. The van der Waals surface area contributed by atoms with Crippen molar-refractivity contribution in [2.75, 3.05) is 5.32 Å². The highest BCUT2D eigenvalue weighted by molar-refractivity contribution is 5.67. The maximum Gasteiger partial charge on any atom is 0.201 e. The number of rotatable bonds is 6. The Balaban J connectivity index is 2.46. The second-order valence-corrected chi connectivity index (χ2v) is 5.26. The monoisotopic (exact) mass is 281 g/mol. The molecule has 0 saturated carbocycles. The van der Waals surface area contributed by atoms with Gasteiger partial charge in [0.25, 0.3) is 0 Å². The molecule has 0 heterocycles. The van der Waals surface area contributed by atoms with E-state index in [2.05, 4.69) is 37.4 Å². The third kappa shape index (κ3) is 3.94. The van der Waals surface area contributed by atoms with Crippen LogP contribution in [0, 0.1) is 0 Å². The molecule has 2 heteroatoms. The molecule has 0 saturated heterocycles. The van der Waals surface area contributed by atoms with Crippen molar-refractivity contribution in [1.29, 1.82) is 0 Å². The fraction of sp³-hybridized carbons (Fsp3) is 0.316. The van der Waals surface area contributed by atoms with E-state index in [-0.39, 0.29) is 5.43 Å². The van der Waals surface area contributed by atoms with E-state index in [1.54, 1.807) is 12.1 Å². The first-order valence-electron chi connectivity index (χ1n) is 7.73. The molecular weight excluding hydrogens is 258 g/mol. The molecule has 0 atom stereocenters. The second kappa shape index (κ2) is 7.63. The van der Waals surface area contributed by atoms with Crippen LogP contribution in [-0.2, 0) is 12.8 Å². The maximum atomic E-state index is 12.1. The Morgan fingerprint density at radius 3 is 2.05 bits per heavy atom. The molecule has 2 rings (SSSR count).